The van der Waals surface area contributed by atoms with E-state index in [1.807, 2.05) is 0 Å². The standard InChI is InChI=1S/C52H48N2/c1-5-45-37-51(30-20-39(45)3)53(47-16-9-7-10-17-47)49-32-26-41(27-33-49)22-24-43-14-13-15-44(36-43)25-23-42-28-34-50(35-29-42)54(48-18-11-8-12-19-48)52-31-21-40(4)46(6-2)38-52/h7-38H,5-6H2,1-4H3/b24-22+,25-23+. The van der Waals surface area contributed by atoms with Gasteiger partial charge in [0.1, 0.15) is 0 Å². The number of rotatable bonds is 12. The van der Waals surface area contributed by atoms with Crippen LogP contribution in [0.3, 0.4) is 0 Å². The Balaban J connectivity index is 1.06. The lowest BCUT2D eigenvalue weighted by molar-refractivity contribution is 1.10. The number of benzene rings is 7. The fourth-order valence-corrected chi connectivity index (χ4v) is 7.02. The van der Waals surface area contributed by atoms with Crippen LogP contribution in [-0.2, 0) is 12.8 Å². The summed E-state index contributed by atoms with van der Waals surface area (Å²) in [6.07, 6.45) is 10.8. The molecule has 0 bridgehead atoms. The molecule has 0 saturated carbocycles. The van der Waals surface area contributed by atoms with Crippen molar-refractivity contribution >= 4 is 58.4 Å². The Morgan fingerprint density at radius 3 is 1.07 bits per heavy atom. The molecule has 0 aliphatic carbocycles. The summed E-state index contributed by atoms with van der Waals surface area (Å²) in [6.45, 7) is 8.82. The van der Waals surface area contributed by atoms with Gasteiger partial charge in [0.15, 0.2) is 0 Å². The molecule has 0 spiro atoms. The normalized spacial score (nSPS) is 11.3. The second kappa shape index (κ2) is 17.0. The largest absolute Gasteiger partial charge is 0.310 e. The van der Waals surface area contributed by atoms with Gasteiger partial charge in [0, 0.05) is 34.1 Å². The first kappa shape index (κ1) is 36.0. The Kier molecular flexibility index (Phi) is 11.3. The van der Waals surface area contributed by atoms with E-state index < -0.39 is 0 Å². The van der Waals surface area contributed by atoms with E-state index in [0.29, 0.717) is 0 Å². The first-order valence-electron chi connectivity index (χ1n) is 19.0. The topological polar surface area (TPSA) is 6.48 Å². The smallest absolute Gasteiger partial charge is 0.0464 e. The van der Waals surface area contributed by atoms with Crippen LogP contribution < -0.4 is 9.80 Å². The van der Waals surface area contributed by atoms with E-state index in [4.69, 9.17) is 0 Å². The van der Waals surface area contributed by atoms with E-state index in [0.717, 1.165) is 57.8 Å². The monoisotopic (exact) mass is 700 g/mol. The van der Waals surface area contributed by atoms with E-state index in [2.05, 4.69) is 232 Å². The number of nitrogens with zero attached hydrogens (tertiary/aromatic N) is 2. The molecule has 0 aliphatic heterocycles. The van der Waals surface area contributed by atoms with Crippen LogP contribution in [0, 0.1) is 13.8 Å². The number of hydrogen-bond donors (Lipinski definition) is 0. The first-order chi connectivity index (χ1) is 26.5. The summed E-state index contributed by atoms with van der Waals surface area (Å²) < 4.78 is 0. The number of anilines is 6. The van der Waals surface area contributed by atoms with Gasteiger partial charge in [-0.15, -0.1) is 0 Å². The van der Waals surface area contributed by atoms with Crippen LogP contribution in [0.2, 0.25) is 0 Å². The summed E-state index contributed by atoms with van der Waals surface area (Å²) in [6, 6.07) is 61.1. The molecule has 266 valence electrons. The number of para-hydroxylation sites is 2. The molecule has 54 heavy (non-hydrogen) atoms. The van der Waals surface area contributed by atoms with Crippen LogP contribution in [0.1, 0.15) is 58.4 Å². The van der Waals surface area contributed by atoms with E-state index in [1.54, 1.807) is 0 Å². The van der Waals surface area contributed by atoms with Gasteiger partial charge < -0.3 is 9.80 Å². The molecule has 2 heteroatoms. The van der Waals surface area contributed by atoms with Crippen LogP contribution in [0.4, 0.5) is 34.1 Å². The van der Waals surface area contributed by atoms with Crippen molar-refractivity contribution in [3.05, 3.63) is 214 Å². The summed E-state index contributed by atoms with van der Waals surface area (Å²) in [5, 5.41) is 0. The molecule has 0 aliphatic rings. The Hall–Kier alpha value is -6.38. The summed E-state index contributed by atoms with van der Waals surface area (Å²) >= 11 is 0. The van der Waals surface area contributed by atoms with Gasteiger partial charge in [-0.3, -0.25) is 0 Å². The van der Waals surface area contributed by atoms with Crippen molar-refractivity contribution in [1.82, 2.24) is 0 Å². The maximum absolute atomic E-state index is 2.33. The van der Waals surface area contributed by atoms with Gasteiger partial charge >= 0.3 is 0 Å². The minimum atomic E-state index is 1.01. The third-order valence-corrected chi connectivity index (χ3v) is 10.1. The summed E-state index contributed by atoms with van der Waals surface area (Å²) in [5.41, 5.74) is 17.0. The predicted octanol–water partition coefficient (Wildman–Crippen LogP) is 14.7. The number of aryl methyl sites for hydroxylation is 4. The highest BCUT2D eigenvalue weighted by Gasteiger charge is 2.15. The summed E-state index contributed by atoms with van der Waals surface area (Å²) in [7, 11) is 0. The molecule has 0 unspecified atom stereocenters. The average Bonchev–Trinajstić information content (AvgIpc) is 3.22. The summed E-state index contributed by atoms with van der Waals surface area (Å²) in [5.74, 6) is 0. The lowest BCUT2D eigenvalue weighted by Gasteiger charge is -2.26. The van der Waals surface area contributed by atoms with Gasteiger partial charge in [-0.05, 0) is 150 Å². The predicted molar refractivity (Wildman–Crippen MR) is 235 cm³/mol. The zero-order chi connectivity index (χ0) is 37.3. The maximum Gasteiger partial charge on any atom is 0.0464 e. The van der Waals surface area contributed by atoms with E-state index in [1.165, 1.54) is 33.6 Å². The Bertz CT molecular complexity index is 2190. The zero-order valence-electron chi connectivity index (χ0n) is 31.8. The molecule has 7 rings (SSSR count). The average molecular weight is 701 g/mol. The van der Waals surface area contributed by atoms with Crippen molar-refractivity contribution in [2.45, 2.75) is 40.5 Å². The lowest BCUT2D eigenvalue weighted by atomic mass is 10.0. The number of hydrogen-bond acceptors (Lipinski definition) is 2. The van der Waals surface area contributed by atoms with Crippen LogP contribution in [0.25, 0.3) is 24.3 Å². The molecule has 0 radical (unpaired) electrons. The Morgan fingerprint density at radius 2 is 0.685 bits per heavy atom. The third-order valence-electron chi connectivity index (χ3n) is 10.1. The van der Waals surface area contributed by atoms with Gasteiger partial charge in [-0.1, -0.05) is 129 Å². The van der Waals surface area contributed by atoms with Crippen molar-refractivity contribution in [3.63, 3.8) is 0 Å². The van der Waals surface area contributed by atoms with E-state index in [9.17, 15) is 0 Å². The van der Waals surface area contributed by atoms with Crippen LogP contribution >= 0.6 is 0 Å². The summed E-state index contributed by atoms with van der Waals surface area (Å²) in [4.78, 5) is 4.67. The highest BCUT2D eigenvalue weighted by Crippen LogP contribution is 2.37. The van der Waals surface area contributed by atoms with E-state index >= 15 is 0 Å². The van der Waals surface area contributed by atoms with Crippen LogP contribution in [-0.4, -0.2) is 0 Å². The van der Waals surface area contributed by atoms with Crippen LogP contribution in [0.15, 0.2) is 170 Å². The fraction of sp³-hybridized carbons (Fsp3) is 0.115. The highest BCUT2D eigenvalue weighted by atomic mass is 15.1. The Labute approximate surface area is 322 Å². The van der Waals surface area contributed by atoms with Gasteiger partial charge in [-0.2, -0.15) is 0 Å². The maximum atomic E-state index is 2.33. The van der Waals surface area contributed by atoms with Gasteiger partial charge in [0.05, 0.1) is 0 Å². The van der Waals surface area contributed by atoms with Crippen LogP contribution in [0.5, 0.6) is 0 Å². The van der Waals surface area contributed by atoms with Gasteiger partial charge in [0.2, 0.25) is 0 Å². The quantitative estimate of drug-likeness (QED) is 0.117. The molecule has 7 aromatic carbocycles. The molecular weight excluding hydrogens is 653 g/mol. The molecule has 0 amide bonds. The second-order valence-electron chi connectivity index (χ2n) is 13.8. The molecule has 0 aromatic heterocycles. The first-order valence-corrected chi connectivity index (χ1v) is 19.0. The van der Waals surface area contributed by atoms with Gasteiger partial charge in [0.25, 0.3) is 0 Å². The molecule has 0 fully saturated rings. The van der Waals surface area contributed by atoms with Crippen molar-refractivity contribution in [3.8, 4) is 0 Å². The van der Waals surface area contributed by atoms with Crippen molar-refractivity contribution in [2.24, 2.45) is 0 Å². The molecule has 0 atom stereocenters. The molecule has 2 nitrogen and oxygen atoms in total. The molecule has 0 saturated heterocycles. The zero-order valence-corrected chi connectivity index (χ0v) is 31.8. The third kappa shape index (κ3) is 8.46. The fourth-order valence-electron chi connectivity index (χ4n) is 7.02. The Morgan fingerprint density at radius 1 is 0.333 bits per heavy atom. The minimum Gasteiger partial charge on any atom is -0.310 e. The molecule has 0 heterocycles. The van der Waals surface area contributed by atoms with Crippen molar-refractivity contribution in [2.75, 3.05) is 9.80 Å². The SMILES string of the molecule is CCc1cc(N(c2ccccc2)c2ccc(/C=C/c3cccc(/C=C/c4ccc(N(c5ccccc5)c5ccc(C)c(CC)c5)cc4)c3)cc2)ccc1C. The molecule has 0 N–H and O–H groups in total. The lowest BCUT2D eigenvalue weighted by Crippen LogP contribution is -2.10. The molecular formula is C52H48N2. The van der Waals surface area contributed by atoms with E-state index in [-0.39, 0.29) is 0 Å². The second-order valence-corrected chi connectivity index (χ2v) is 13.8. The molecule has 7 aromatic rings. The van der Waals surface area contributed by atoms with Crippen molar-refractivity contribution in [1.29, 1.82) is 0 Å². The van der Waals surface area contributed by atoms with Crippen molar-refractivity contribution < 1.29 is 0 Å². The highest BCUT2D eigenvalue weighted by molar-refractivity contribution is 5.81. The minimum absolute atomic E-state index is 1.01. The van der Waals surface area contributed by atoms with Gasteiger partial charge in [-0.25, -0.2) is 0 Å².